The monoisotopic (exact) mass is 443 g/mol. The molecule has 0 saturated carbocycles. The Morgan fingerprint density at radius 3 is 2.34 bits per heavy atom. The van der Waals surface area contributed by atoms with Gasteiger partial charge in [-0.05, 0) is 63.0 Å². The number of piperidine rings is 1. The molecule has 0 radical (unpaired) electrons. The van der Waals surface area contributed by atoms with Crippen LogP contribution < -0.4 is 4.74 Å². The summed E-state index contributed by atoms with van der Waals surface area (Å²) in [5, 5.41) is 0. The zero-order chi connectivity index (χ0) is 23.3. The molecule has 0 unspecified atom stereocenters. The van der Waals surface area contributed by atoms with Gasteiger partial charge in [-0.1, -0.05) is 26.0 Å². The second-order valence-corrected chi connectivity index (χ2v) is 9.21. The fourth-order valence-electron chi connectivity index (χ4n) is 4.27. The first-order valence-electron chi connectivity index (χ1n) is 11.6. The highest BCUT2D eigenvalue weighted by Crippen LogP contribution is 2.34. The van der Waals surface area contributed by atoms with E-state index in [0.29, 0.717) is 43.4 Å². The second-order valence-electron chi connectivity index (χ2n) is 9.21. The predicted molar refractivity (Wildman–Crippen MR) is 125 cm³/mol. The molecule has 0 aliphatic carbocycles. The molecule has 0 aromatic heterocycles. The molecule has 0 N–H and O–H groups in total. The van der Waals surface area contributed by atoms with Crippen LogP contribution in [0.25, 0.3) is 5.57 Å². The topological polar surface area (TPSA) is 62.3 Å². The summed E-state index contributed by atoms with van der Waals surface area (Å²) < 4.78 is 10.9. The zero-order valence-electron chi connectivity index (χ0n) is 20.1. The molecular formula is C25H37N3O4. The Balaban J connectivity index is 1.90. The Kier molecular flexibility index (Phi) is 8.32. The number of hydrogen-bond acceptors (Lipinski definition) is 6. The lowest BCUT2D eigenvalue weighted by atomic mass is 10.00. The van der Waals surface area contributed by atoms with Crippen LogP contribution in [0.15, 0.2) is 30.0 Å². The maximum Gasteiger partial charge on any atom is 0.277 e. The van der Waals surface area contributed by atoms with Gasteiger partial charge in [0.05, 0.1) is 12.2 Å². The van der Waals surface area contributed by atoms with Gasteiger partial charge < -0.3 is 19.3 Å². The number of rotatable bonds is 10. The average molecular weight is 444 g/mol. The van der Waals surface area contributed by atoms with Gasteiger partial charge in [-0.25, -0.2) is 0 Å². The van der Waals surface area contributed by atoms with Gasteiger partial charge in [-0.2, -0.15) is 0 Å². The fourth-order valence-corrected chi connectivity index (χ4v) is 4.27. The highest BCUT2D eigenvalue weighted by atomic mass is 16.5. The Hall–Kier alpha value is -2.38. The Morgan fingerprint density at radius 1 is 1.09 bits per heavy atom. The van der Waals surface area contributed by atoms with E-state index >= 15 is 0 Å². The smallest absolute Gasteiger partial charge is 0.277 e. The van der Waals surface area contributed by atoms with Crippen molar-refractivity contribution in [3.8, 4) is 5.75 Å². The molecule has 1 aromatic carbocycles. The molecule has 2 aliphatic heterocycles. The number of likely N-dealkylation sites (N-methyl/N-ethyl adjacent to an activating group) is 1. The van der Waals surface area contributed by atoms with Crippen LogP contribution in [0.5, 0.6) is 5.75 Å². The number of imide groups is 1. The Bertz CT molecular complexity index is 826. The summed E-state index contributed by atoms with van der Waals surface area (Å²) in [6.45, 7) is 7.68. The molecule has 3 rings (SSSR count). The number of carbonyl (C=O) groups excluding carboxylic acids is 2. The van der Waals surface area contributed by atoms with Gasteiger partial charge in [0.2, 0.25) is 0 Å². The van der Waals surface area contributed by atoms with Crippen molar-refractivity contribution in [3.05, 3.63) is 35.5 Å². The zero-order valence-corrected chi connectivity index (χ0v) is 20.1. The number of nitrogens with zero attached hydrogens (tertiary/aromatic N) is 3. The summed E-state index contributed by atoms with van der Waals surface area (Å²) in [5.41, 5.74) is 1.76. The van der Waals surface area contributed by atoms with Crippen LogP contribution >= 0.6 is 0 Å². The highest BCUT2D eigenvalue weighted by Gasteiger charge is 2.42. The van der Waals surface area contributed by atoms with Crippen LogP contribution in [-0.4, -0.2) is 86.6 Å². The number of likely N-dealkylation sites (tertiary alicyclic amines) is 1. The third-order valence-corrected chi connectivity index (χ3v) is 6.19. The first kappa shape index (κ1) is 24.3. The van der Waals surface area contributed by atoms with Gasteiger partial charge >= 0.3 is 0 Å². The molecule has 7 heteroatoms. The van der Waals surface area contributed by atoms with E-state index in [1.54, 1.807) is 7.11 Å². The molecule has 0 bridgehead atoms. The number of benzene rings is 1. The molecule has 0 atom stereocenters. The van der Waals surface area contributed by atoms with E-state index < -0.39 is 0 Å². The van der Waals surface area contributed by atoms with Gasteiger partial charge in [0, 0.05) is 33.4 Å². The summed E-state index contributed by atoms with van der Waals surface area (Å²) in [4.78, 5) is 32.5. The first-order valence-corrected chi connectivity index (χ1v) is 11.6. The summed E-state index contributed by atoms with van der Waals surface area (Å²) in [6.07, 6.45) is 2.56. The number of ether oxygens (including phenoxy) is 2. The number of hydrogen-bond donors (Lipinski definition) is 0. The van der Waals surface area contributed by atoms with E-state index in [1.165, 1.54) is 4.90 Å². The molecule has 176 valence electrons. The van der Waals surface area contributed by atoms with Crippen LogP contribution in [0, 0.1) is 5.92 Å². The molecule has 2 heterocycles. The SMILES string of the molecule is COCCCN1C(=O)C(c2ccc(OCC(C)C)cc2)=C(N(C)C2CCN(C)CC2)C1=O. The molecule has 7 nitrogen and oxygen atoms in total. The third kappa shape index (κ3) is 5.51. The van der Waals surface area contributed by atoms with E-state index in [-0.39, 0.29) is 17.9 Å². The van der Waals surface area contributed by atoms with E-state index in [1.807, 2.05) is 36.2 Å². The number of amides is 2. The highest BCUT2D eigenvalue weighted by molar-refractivity contribution is 6.35. The standard InChI is InChI=1S/C25H37N3O4/c1-18(2)17-32-21-9-7-19(8-10-21)22-23(27(4)20-11-14-26(3)15-12-20)25(30)28(24(22)29)13-6-16-31-5/h7-10,18,20H,6,11-17H2,1-5H3. The lowest BCUT2D eigenvalue weighted by Gasteiger charge is -2.36. The van der Waals surface area contributed by atoms with Crippen molar-refractivity contribution in [1.82, 2.24) is 14.7 Å². The fraction of sp³-hybridized carbons (Fsp3) is 0.600. The van der Waals surface area contributed by atoms with Crippen LogP contribution in [0.2, 0.25) is 0 Å². The van der Waals surface area contributed by atoms with Gasteiger partial charge in [-0.3, -0.25) is 14.5 Å². The lowest BCUT2D eigenvalue weighted by molar-refractivity contribution is -0.137. The van der Waals surface area contributed by atoms with E-state index in [9.17, 15) is 9.59 Å². The van der Waals surface area contributed by atoms with Crippen molar-refractivity contribution in [1.29, 1.82) is 0 Å². The third-order valence-electron chi connectivity index (χ3n) is 6.19. The molecule has 1 aromatic rings. The summed E-state index contributed by atoms with van der Waals surface area (Å²) >= 11 is 0. The maximum atomic E-state index is 13.4. The minimum atomic E-state index is -0.225. The summed E-state index contributed by atoms with van der Waals surface area (Å²) in [6, 6.07) is 7.77. The van der Waals surface area contributed by atoms with Crippen molar-refractivity contribution in [2.75, 3.05) is 54.1 Å². The molecule has 2 amide bonds. The maximum absolute atomic E-state index is 13.4. The Labute approximate surface area is 191 Å². The number of methoxy groups -OCH3 is 1. The second kappa shape index (κ2) is 11.0. The van der Waals surface area contributed by atoms with Crippen molar-refractivity contribution < 1.29 is 19.1 Å². The average Bonchev–Trinajstić information content (AvgIpc) is 3.03. The molecule has 1 fully saturated rings. The normalized spacial score (nSPS) is 18.2. The van der Waals surface area contributed by atoms with Crippen LogP contribution in [0.3, 0.4) is 0 Å². The van der Waals surface area contributed by atoms with Gasteiger partial charge in [-0.15, -0.1) is 0 Å². The van der Waals surface area contributed by atoms with Crippen molar-refractivity contribution in [2.24, 2.45) is 5.92 Å². The van der Waals surface area contributed by atoms with Gasteiger partial charge in [0.15, 0.2) is 0 Å². The minimum absolute atomic E-state index is 0.206. The van der Waals surface area contributed by atoms with Crippen molar-refractivity contribution in [3.63, 3.8) is 0 Å². The molecule has 1 saturated heterocycles. The summed E-state index contributed by atoms with van der Waals surface area (Å²) in [5.74, 6) is 0.767. The molecule has 32 heavy (non-hydrogen) atoms. The van der Waals surface area contributed by atoms with Crippen LogP contribution in [-0.2, 0) is 14.3 Å². The van der Waals surface area contributed by atoms with Gasteiger partial charge in [0.25, 0.3) is 11.8 Å². The number of carbonyl (C=O) groups is 2. The van der Waals surface area contributed by atoms with E-state index in [2.05, 4.69) is 25.8 Å². The first-order chi connectivity index (χ1) is 15.3. The van der Waals surface area contributed by atoms with E-state index in [0.717, 1.165) is 37.2 Å². The lowest BCUT2D eigenvalue weighted by Crippen LogP contribution is -2.43. The van der Waals surface area contributed by atoms with Gasteiger partial charge in [0.1, 0.15) is 11.4 Å². The quantitative estimate of drug-likeness (QED) is 0.409. The largest absolute Gasteiger partial charge is 0.493 e. The molecule has 2 aliphatic rings. The van der Waals surface area contributed by atoms with Crippen molar-refractivity contribution >= 4 is 17.4 Å². The molecule has 0 spiro atoms. The van der Waals surface area contributed by atoms with Crippen LogP contribution in [0.1, 0.15) is 38.7 Å². The van der Waals surface area contributed by atoms with Crippen LogP contribution in [0.4, 0.5) is 0 Å². The minimum Gasteiger partial charge on any atom is -0.493 e. The Morgan fingerprint density at radius 2 is 1.75 bits per heavy atom. The summed E-state index contributed by atoms with van der Waals surface area (Å²) in [7, 11) is 5.69. The van der Waals surface area contributed by atoms with E-state index in [4.69, 9.17) is 9.47 Å². The predicted octanol–water partition coefficient (Wildman–Crippen LogP) is 2.86. The van der Waals surface area contributed by atoms with Crippen molar-refractivity contribution in [2.45, 2.75) is 39.2 Å². The molecular weight excluding hydrogens is 406 g/mol.